The molecule has 0 amide bonds. The van der Waals surface area contributed by atoms with E-state index in [1.165, 1.54) is 12.1 Å². The van der Waals surface area contributed by atoms with Gasteiger partial charge in [0.05, 0.1) is 11.1 Å². The average Bonchev–Trinajstić information content (AvgIpc) is 2.95. The van der Waals surface area contributed by atoms with Gasteiger partial charge in [-0.25, -0.2) is 4.39 Å². The zero-order valence-electron chi connectivity index (χ0n) is 8.57. The van der Waals surface area contributed by atoms with Crippen molar-refractivity contribution in [2.24, 2.45) is 5.73 Å². The lowest BCUT2D eigenvalue weighted by Gasteiger charge is -2.10. The summed E-state index contributed by atoms with van der Waals surface area (Å²) in [5.41, 5.74) is 5.62. The number of rotatable bonds is 3. The molecule has 1 aliphatic carbocycles. The summed E-state index contributed by atoms with van der Waals surface area (Å²) in [6.07, 6.45) is 1.90. The summed E-state index contributed by atoms with van der Waals surface area (Å²) in [7, 11) is 0. The van der Waals surface area contributed by atoms with E-state index in [1.54, 1.807) is 12.1 Å². The predicted octanol–water partition coefficient (Wildman–Crippen LogP) is 1.99. The minimum Gasteiger partial charge on any atom is -0.492 e. The van der Waals surface area contributed by atoms with E-state index in [1.807, 2.05) is 0 Å². The van der Waals surface area contributed by atoms with Gasteiger partial charge < -0.3 is 10.5 Å². The quantitative estimate of drug-likeness (QED) is 0.882. The monoisotopic (exact) mass is 242 g/mol. The molecule has 0 aliphatic heterocycles. The molecule has 1 fully saturated rings. The highest BCUT2D eigenvalue weighted by Crippen LogP contribution is 2.32. The molecule has 0 atom stereocenters. The smallest absolute Gasteiger partial charge is 0.144 e. The molecule has 1 aromatic rings. The van der Waals surface area contributed by atoms with Crippen LogP contribution in [0.1, 0.15) is 18.4 Å². The number of ether oxygens (including phenoxy) is 1. The molecule has 2 N–H and O–H groups in total. The van der Waals surface area contributed by atoms with E-state index in [-0.39, 0.29) is 23.5 Å². The van der Waals surface area contributed by atoms with Crippen LogP contribution in [0.2, 0.25) is 0 Å². The molecule has 0 saturated heterocycles. The SMILES string of the molecule is Cl.N#Cc1ccc(OCC2(N)CC2)cc1F. The van der Waals surface area contributed by atoms with Crippen molar-refractivity contribution >= 4 is 12.4 Å². The number of nitrogens with two attached hydrogens (primary N) is 1. The highest BCUT2D eigenvalue weighted by atomic mass is 35.5. The largest absolute Gasteiger partial charge is 0.492 e. The van der Waals surface area contributed by atoms with E-state index in [2.05, 4.69) is 0 Å². The highest BCUT2D eigenvalue weighted by Gasteiger charge is 2.39. The van der Waals surface area contributed by atoms with Gasteiger partial charge in [0.2, 0.25) is 0 Å². The summed E-state index contributed by atoms with van der Waals surface area (Å²) in [5, 5.41) is 8.53. The van der Waals surface area contributed by atoms with E-state index >= 15 is 0 Å². The van der Waals surface area contributed by atoms with Crippen molar-refractivity contribution in [1.82, 2.24) is 0 Å². The highest BCUT2D eigenvalue weighted by molar-refractivity contribution is 5.85. The van der Waals surface area contributed by atoms with Crippen LogP contribution in [0.3, 0.4) is 0 Å². The molecule has 2 rings (SSSR count). The topological polar surface area (TPSA) is 59.0 Å². The van der Waals surface area contributed by atoms with E-state index in [9.17, 15) is 4.39 Å². The zero-order chi connectivity index (χ0) is 10.9. The Labute approximate surface area is 99.4 Å². The molecule has 0 spiro atoms. The van der Waals surface area contributed by atoms with Crippen LogP contribution in [0.5, 0.6) is 5.75 Å². The van der Waals surface area contributed by atoms with E-state index in [0.717, 1.165) is 12.8 Å². The number of nitriles is 1. The van der Waals surface area contributed by atoms with Gasteiger partial charge in [0, 0.05) is 6.07 Å². The molecular formula is C11H12ClFN2O. The Balaban J connectivity index is 0.00000128. The van der Waals surface area contributed by atoms with Crippen molar-refractivity contribution in [1.29, 1.82) is 5.26 Å². The summed E-state index contributed by atoms with van der Waals surface area (Å²) in [4.78, 5) is 0. The second-order valence-corrected chi connectivity index (χ2v) is 3.90. The standard InChI is InChI=1S/C11H11FN2O.ClH/c12-10-5-9(2-1-8(10)6-13)15-7-11(14)3-4-11;/h1-2,5H,3-4,7,14H2;1H. The van der Waals surface area contributed by atoms with Crippen molar-refractivity contribution in [2.45, 2.75) is 18.4 Å². The first-order valence-electron chi connectivity index (χ1n) is 4.74. The van der Waals surface area contributed by atoms with Crippen molar-refractivity contribution < 1.29 is 9.13 Å². The number of benzene rings is 1. The molecule has 0 radical (unpaired) electrons. The number of halogens is 2. The molecule has 16 heavy (non-hydrogen) atoms. The van der Waals surface area contributed by atoms with E-state index in [0.29, 0.717) is 12.4 Å². The van der Waals surface area contributed by atoms with Crippen molar-refractivity contribution in [3.05, 3.63) is 29.6 Å². The summed E-state index contributed by atoms with van der Waals surface area (Å²) in [6, 6.07) is 5.94. The van der Waals surface area contributed by atoms with Gasteiger partial charge in [-0.05, 0) is 25.0 Å². The maximum absolute atomic E-state index is 13.2. The van der Waals surface area contributed by atoms with Crippen molar-refractivity contribution in [3.63, 3.8) is 0 Å². The fraction of sp³-hybridized carbons (Fsp3) is 0.364. The van der Waals surface area contributed by atoms with Gasteiger partial charge >= 0.3 is 0 Å². The van der Waals surface area contributed by atoms with Gasteiger partial charge in [-0.2, -0.15) is 5.26 Å². The minimum atomic E-state index is -0.558. The first kappa shape index (κ1) is 12.8. The van der Waals surface area contributed by atoms with Gasteiger partial charge in [-0.1, -0.05) is 0 Å². The summed E-state index contributed by atoms with van der Waals surface area (Å²) >= 11 is 0. The second-order valence-electron chi connectivity index (χ2n) is 3.90. The second kappa shape index (κ2) is 4.69. The fourth-order valence-electron chi connectivity index (χ4n) is 1.21. The van der Waals surface area contributed by atoms with Crippen LogP contribution in [0, 0.1) is 17.1 Å². The summed E-state index contributed by atoms with van der Waals surface area (Å²) in [5.74, 6) is -0.139. The van der Waals surface area contributed by atoms with Crippen LogP contribution in [0.25, 0.3) is 0 Å². The molecule has 0 aromatic heterocycles. The number of hydrogen-bond acceptors (Lipinski definition) is 3. The Hall–Kier alpha value is -1.31. The van der Waals surface area contributed by atoms with Gasteiger partial charge in [0.1, 0.15) is 24.2 Å². The predicted molar refractivity (Wildman–Crippen MR) is 60.0 cm³/mol. The zero-order valence-corrected chi connectivity index (χ0v) is 9.39. The van der Waals surface area contributed by atoms with Crippen molar-refractivity contribution in [2.75, 3.05) is 6.61 Å². The number of nitrogens with zero attached hydrogens (tertiary/aromatic N) is 1. The van der Waals surface area contributed by atoms with E-state index in [4.69, 9.17) is 15.7 Å². The summed E-state index contributed by atoms with van der Waals surface area (Å²) in [6.45, 7) is 0.401. The van der Waals surface area contributed by atoms with Crippen LogP contribution in [0.15, 0.2) is 18.2 Å². The molecule has 0 heterocycles. The Morgan fingerprint density at radius 3 is 2.69 bits per heavy atom. The van der Waals surface area contributed by atoms with Crippen LogP contribution >= 0.6 is 12.4 Å². The Kier molecular flexibility index (Phi) is 3.74. The van der Waals surface area contributed by atoms with Crippen LogP contribution in [0.4, 0.5) is 4.39 Å². The summed E-state index contributed by atoms with van der Waals surface area (Å²) < 4.78 is 18.5. The van der Waals surface area contributed by atoms with Crippen LogP contribution in [-0.2, 0) is 0 Å². The molecular weight excluding hydrogens is 231 g/mol. The first-order chi connectivity index (χ1) is 7.13. The Bertz CT molecular complexity index is 426. The first-order valence-corrected chi connectivity index (χ1v) is 4.74. The van der Waals surface area contributed by atoms with Gasteiger partial charge in [0.15, 0.2) is 0 Å². The molecule has 1 saturated carbocycles. The maximum atomic E-state index is 13.2. The minimum absolute atomic E-state index is 0. The maximum Gasteiger partial charge on any atom is 0.144 e. The van der Waals surface area contributed by atoms with Crippen LogP contribution in [-0.4, -0.2) is 12.1 Å². The lowest BCUT2D eigenvalue weighted by molar-refractivity contribution is 0.278. The lowest BCUT2D eigenvalue weighted by Crippen LogP contribution is -2.29. The fourth-order valence-corrected chi connectivity index (χ4v) is 1.21. The van der Waals surface area contributed by atoms with Gasteiger partial charge in [0.25, 0.3) is 0 Å². The number of hydrogen-bond donors (Lipinski definition) is 1. The molecule has 3 nitrogen and oxygen atoms in total. The molecule has 0 bridgehead atoms. The normalized spacial score (nSPS) is 15.8. The van der Waals surface area contributed by atoms with Crippen molar-refractivity contribution in [3.8, 4) is 11.8 Å². The lowest BCUT2D eigenvalue weighted by atomic mass is 10.2. The molecule has 1 aliphatic rings. The van der Waals surface area contributed by atoms with Crippen LogP contribution < -0.4 is 10.5 Å². The molecule has 86 valence electrons. The average molecular weight is 243 g/mol. The van der Waals surface area contributed by atoms with Gasteiger partial charge in [-0.15, -0.1) is 12.4 Å². The molecule has 0 unspecified atom stereocenters. The third-order valence-corrected chi connectivity index (χ3v) is 2.48. The Morgan fingerprint density at radius 1 is 1.50 bits per heavy atom. The third-order valence-electron chi connectivity index (χ3n) is 2.48. The molecule has 5 heteroatoms. The third kappa shape index (κ3) is 2.84. The molecule has 1 aromatic carbocycles. The Morgan fingerprint density at radius 2 is 2.19 bits per heavy atom. The van der Waals surface area contributed by atoms with Gasteiger partial charge in [-0.3, -0.25) is 0 Å². The van der Waals surface area contributed by atoms with E-state index < -0.39 is 5.82 Å².